The normalized spacial score (nSPS) is 15.5. The Labute approximate surface area is 81.6 Å². The minimum Gasteiger partial charge on any atom is -0.493 e. The monoisotopic (exact) mass is 199 g/mol. The van der Waals surface area contributed by atoms with E-state index in [9.17, 15) is 0 Å². The molecule has 4 heteroatoms. The first-order valence-corrected chi connectivity index (χ1v) is 4.53. The molecular weight excluding hydrogens is 190 g/mol. The minimum atomic E-state index is 0.366. The number of rotatable bonds is 3. The fraction of sp³-hybridized carbons (Fsp3) is 0.444. The van der Waals surface area contributed by atoms with E-state index in [0.29, 0.717) is 17.0 Å². The van der Waals surface area contributed by atoms with Gasteiger partial charge in [0.1, 0.15) is 5.75 Å². The summed E-state index contributed by atoms with van der Waals surface area (Å²) in [7, 11) is 1.56. The molecule has 13 heavy (non-hydrogen) atoms. The number of methoxy groups -OCH3 is 1. The van der Waals surface area contributed by atoms with Crippen molar-refractivity contribution in [2.45, 2.75) is 18.9 Å². The van der Waals surface area contributed by atoms with Crippen LogP contribution in [0, 0.1) is 0 Å². The zero-order chi connectivity index (χ0) is 9.26. The molecule has 0 aliphatic heterocycles. The lowest BCUT2D eigenvalue weighted by molar-refractivity contribution is 0.299. The van der Waals surface area contributed by atoms with E-state index in [1.807, 2.05) is 0 Å². The molecule has 1 saturated carbocycles. The molecule has 70 valence electrons. The highest BCUT2D eigenvalue weighted by atomic mass is 35.5. The molecule has 2 rings (SSSR count). The second-order valence-electron chi connectivity index (χ2n) is 2.98. The predicted octanol–water partition coefficient (Wildman–Crippen LogP) is 2.28. The molecule has 0 bridgehead atoms. The van der Waals surface area contributed by atoms with E-state index in [-0.39, 0.29) is 0 Å². The number of hydrogen-bond donors (Lipinski definition) is 0. The Morgan fingerprint density at radius 1 is 1.54 bits per heavy atom. The minimum absolute atomic E-state index is 0.366. The largest absolute Gasteiger partial charge is 0.493 e. The van der Waals surface area contributed by atoms with Crippen molar-refractivity contribution >= 4 is 11.6 Å². The first kappa shape index (κ1) is 8.63. The van der Waals surface area contributed by atoms with Crippen molar-refractivity contribution in [2.75, 3.05) is 7.11 Å². The van der Waals surface area contributed by atoms with Crippen molar-refractivity contribution in [1.29, 1.82) is 0 Å². The van der Waals surface area contributed by atoms with Crippen LogP contribution >= 0.6 is 11.6 Å². The third-order valence-electron chi connectivity index (χ3n) is 1.83. The number of aromatic nitrogens is 1. The Morgan fingerprint density at radius 3 is 2.92 bits per heavy atom. The van der Waals surface area contributed by atoms with Crippen LogP contribution in [0.15, 0.2) is 12.3 Å². The summed E-state index contributed by atoms with van der Waals surface area (Å²) in [5, 5.41) is 0.366. The lowest BCUT2D eigenvalue weighted by Gasteiger charge is -2.06. The molecule has 3 nitrogen and oxygen atoms in total. The first-order chi connectivity index (χ1) is 6.29. The van der Waals surface area contributed by atoms with Gasteiger partial charge in [0, 0.05) is 6.07 Å². The average molecular weight is 200 g/mol. The summed E-state index contributed by atoms with van der Waals surface area (Å²) in [6, 6.07) is 1.76. The Hall–Kier alpha value is -0.960. The molecule has 0 saturated heterocycles. The zero-order valence-corrected chi connectivity index (χ0v) is 8.04. The van der Waals surface area contributed by atoms with E-state index in [0.717, 1.165) is 18.6 Å². The Kier molecular flexibility index (Phi) is 2.27. The van der Waals surface area contributed by atoms with Crippen LogP contribution in [-0.2, 0) is 0 Å². The van der Waals surface area contributed by atoms with Crippen LogP contribution in [0.1, 0.15) is 12.8 Å². The van der Waals surface area contributed by atoms with Gasteiger partial charge in [-0.05, 0) is 12.8 Å². The third kappa shape index (κ3) is 2.04. The highest BCUT2D eigenvalue weighted by molar-refractivity contribution is 6.30. The van der Waals surface area contributed by atoms with Gasteiger partial charge in [0.25, 0.3) is 0 Å². The standard InChI is InChI=1S/C9H10ClNO2/c1-12-8-4-7(5-11-9(8)10)13-6-2-3-6/h4-6H,2-3H2,1H3. The first-order valence-electron chi connectivity index (χ1n) is 4.16. The maximum Gasteiger partial charge on any atom is 0.171 e. The Morgan fingerprint density at radius 2 is 2.31 bits per heavy atom. The van der Waals surface area contributed by atoms with Gasteiger partial charge in [-0.1, -0.05) is 11.6 Å². The van der Waals surface area contributed by atoms with Gasteiger partial charge in [0.05, 0.1) is 19.4 Å². The molecule has 1 fully saturated rings. The van der Waals surface area contributed by atoms with Gasteiger partial charge in [0.15, 0.2) is 10.9 Å². The lowest BCUT2D eigenvalue weighted by atomic mass is 10.4. The van der Waals surface area contributed by atoms with E-state index in [1.165, 1.54) is 0 Å². The van der Waals surface area contributed by atoms with Crippen molar-refractivity contribution in [3.05, 3.63) is 17.4 Å². The molecular formula is C9H10ClNO2. The summed E-state index contributed by atoms with van der Waals surface area (Å²) in [5.74, 6) is 1.28. The van der Waals surface area contributed by atoms with E-state index >= 15 is 0 Å². The van der Waals surface area contributed by atoms with E-state index in [2.05, 4.69) is 4.98 Å². The highest BCUT2D eigenvalue weighted by Crippen LogP contribution is 2.30. The molecule has 1 heterocycles. The summed E-state index contributed by atoms with van der Waals surface area (Å²) in [5.41, 5.74) is 0. The van der Waals surface area contributed by atoms with E-state index in [1.54, 1.807) is 19.4 Å². The van der Waals surface area contributed by atoms with Crippen LogP contribution in [0.4, 0.5) is 0 Å². The second kappa shape index (κ2) is 3.42. The average Bonchev–Trinajstić information content (AvgIpc) is 2.92. The van der Waals surface area contributed by atoms with Gasteiger partial charge in [-0.15, -0.1) is 0 Å². The number of nitrogens with zero attached hydrogens (tertiary/aromatic N) is 1. The SMILES string of the molecule is COc1cc(OC2CC2)cnc1Cl. The maximum absolute atomic E-state index is 5.76. The molecule has 0 spiro atoms. The van der Waals surface area contributed by atoms with E-state index in [4.69, 9.17) is 21.1 Å². The molecule has 0 atom stereocenters. The van der Waals surface area contributed by atoms with Crippen LogP contribution in [0.2, 0.25) is 5.15 Å². The van der Waals surface area contributed by atoms with Crippen molar-refractivity contribution < 1.29 is 9.47 Å². The molecule has 0 aromatic carbocycles. The fourth-order valence-corrected chi connectivity index (χ4v) is 1.18. The van der Waals surface area contributed by atoms with Crippen LogP contribution < -0.4 is 9.47 Å². The molecule has 1 aromatic rings. The molecule has 0 amide bonds. The Balaban J connectivity index is 2.16. The maximum atomic E-state index is 5.76. The van der Waals surface area contributed by atoms with Gasteiger partial charge in [-0.3, -0.25) is 0 Å². The smallest absolute Gasteiger partial charge is 0.171 e. The summed E-state index contributed by atoms with van der Waals surface area (Å²) in [6.45, 7) is 0. The zero-order valence-electron chi connectivity index (χ0n) is 7.29. The molecule has 1 aliphatic rings. The van der Waals surface area contributed by atoms with Gasteiger partial charge < -0.3 is 9.47 Å². The number of hydrogen-bond acceptors (Lipinski definition) is 3. The lowest BCUT2D eigenvalue weighted by Crippen LogP contribution is -1.97. The highest BCUT2D eigenvalue weighted by Gasteiger charge is 2.23. The molecule has 0 unspecified atom stereocenters. The number of pyridine rings is 1. The summed E-state index contributed by atoms with van der Waals surface area (Å²) in [4.78, 5) is 3.95. The van der Waals surface area contributed by atoms with Crippen molar-refractivity contribution in [3.8, 4) is 11.5 Å². The number of halogens is 1. The molecule has 1 aliphatic carbocycles. The topological polar surface area (TPSA) is 31.4 Å². The Bertz CT molecular complexity index is 312. The van der Waals surface area contributed by atoms with Crippen LogP contribution in [0.5, 0.6) is 11.5 Å². The van der Waals surface area contributed by atoms with Crippen molar-refractivity contribution in [1.82, 2.24) is 4.98 Å². The van der Waals surface area contributed by atoms with Gasteiger partial charge >= 0.3 is 0 Å². The molecule has 1 aromatic heterocycles. The quantitative estimate of drug-likeness (QED) is 0.700. The summed E-state index contributed by atoms with van der Waals surface area (Å²) >= 11 is 5.76. The third-order valence-corrected chi connectivity index (χ3v) is 2.11. The van der Waals surface area contributed by atoms with Crippen LogP contribution in [0.25, 0.3) is 0 Å². The van der Waals surface area contributed by atoms with Crippen molar-refractivity contribution in [2.24, 2.45) is 0 Å². The van der Waals surface area contributed by atoms with Crippen molar-refractivity contribution in [3.63, 3.8) is 0 Å². The van der Waals surface area contributed by atoms with E-state index < -0.39 is 0 Å². The fourth-order valence-electron chi connectivity index (χ4n) is 0.996. The summed E-state index contributed by atoms with van der Waals surface area (Å²) < 4.78 is 10.5. The van der Waals surface area contributed by atoms with Gasteiger partial charge in [-0.25, -0.2) is 4.98 Å². The molecule has 0 N–H and O–H groups in total. The number of ether oxygens (including phenoxy) is 2. The predicted molar refractivity (Wildman–Crippen MR) is 49.4 cm³/mol. The van der Waals surface area contributed by atoms with Crippen LogP contribution in [0.3, 0.4) is 0 Å². The van der Waals surface area contributed by atoms with Gasteiger partial charge in [0.2, 0.25) is 0 Å². The molecule has 0 radical (unpaired) electrons. The second-order valence-corrected chi connectivity index (χ2v) is 3.34. The van der Waals surface area contributed by atoms with Crippen LogP contribution in [-0.4, -0.2) is 18.2 Å². The summed E-state index contributed by atoms with van der Waals surface area (Å²) in [6.07, 6.45) is 4.24. The van der Waals surface area contributed by atoms with Gasteiger partial charge in [-0.2, -0.15) is 0 Å².